The van der Waals surface area contributed by atoms with Gasteiger partial charge in [0, 0.05) is 12.6 Å². The van der Waals surface area contributed by atoms with Gasteiger partial charge in [0.25, 0.3) is 0 Å². The van der Waals surface area contributed by atoms with Crippen molar-refractivity contribution in [3.63, 3.8) is 0 Å². The van der Waals surface area contributed by atoms with Gasteiger partial charge in [0.2, 0.25) is 15.9 Å². The van der Waals surface area contributed by atoms with Crippen LogP contribution in [0.15, 0.2) is 53.4 Å². The summed E-state index contributed by atoms with van der Waals surface area (Å²) in [6.07, 6.45) is -4.67. The minimum absolute atomic E-state index is 0.420. The maximum Gasteiger partial charge on any atom is 0.416 e. The second-order valence-electron chi connectivity index (χ2n) is 6.27. The average Bonchev–Trinajstić information content (AvgIpc) is 2.70. The highest BCUT2D eigenvalue weighted by molar-refractivity contribution is 7.89. The zero-order valence-electron chi connectivity index (χ0n) is 16.0. The van der Waals surface area contributed by atoms with Crippen molar-refractivity contribution in [1.29, 1.82) is 0 Å². The van der Waals surface area contributed by atoms with Crippen molar-refractivity contribution < 1.29 is 31.1 Å². The Labute approximate surface area is 167 Å². The zero-order valence-corrected chi connectivity index (χ0v) is 16.8. The largest absolute Gasteiger partial charge is 0.496 e. The van der Waals surface area contributed by atoms with Crippen molar-refractivity contribution >= 4 is 15.9 Å². The van der Waals surface area contributed by atoms with Crippen LogP contribution in [0.2, 0.25) is 0 Å². The van der Waals surface area contributed by atoms with Gasteiger partial charge in [-0.15, -0.1) is 0 Å². The number of ether oxygens (including phenoxy) is 1. The van der Waals surface area contributed by atoms with Crippen LogP contribution in [0.3, 0.4) is 0 Å². The minimum atomic E-state index is -4.67. The van der Waals surface area contributed by atoms with Crippen molar-refractivity contribution in [3.8, 4) is 5.75 Å². The van der Waals surface area contributed by atoms with Gasteiger partial charge in [-0.25, -0.2) is 13.1 Å². The second-order valence-corrected chi connectivity index (χ2v) is 8.04. The first-order valence-electron chi connectivity index (χ1n) is 8.53. The number of para-hydroxylation sites is 1. The molecule has 29 heavy (non-hydrogen) atoms. The lowest BCUT2D eigenvalue weighted by Crippen LogP contribution is -2.39. The van der Waals surface area contributed by atoms with E-state index in [2.05, 4.69) is 4.72 Å². The molecule has 0 aromatic heterocycles. The zero-order chi connectivity index (χ0) is 21.8. The summed E-state index contributed by atoms with van der Waals surface area (Å²) in [7, 11) is -1.30. The molecule has 0 saturated carbocycles. The van der Waals surface area contributed by atoms with Crippen molar-refractivity contribution in [1.82, 2.24) is 9.62 Å². The summed E-state index contributed by atoms with van der Waals surface area (Å²) in [5.74, 6) is 0.0168. The van der Waals surface area contributed by atoms with Crippen molar-refractivity contribution in [3.05, 3.63) is 59.7 Å². The van der Waals surface area contributed by atoms with Crippen LogP contribution >= 0.6 is 0 Å². The number of amides is 1. The summed E-state index contributed by atoms with van der Waals surface area (Å²) in [6, 6.07) is 9.97. The Morgan fingerprint density at radius 1 is 1.17 bits per heavy atom. The third-order valence-electron chi connectivity index (χ3n) is 4.45. The molecule has 1 unspecified atom stereocenters. The number of carbonyl (C=O) groups is 1. The van der Waals surface area contributed by atoms with Crippen LogP contribution in [0.4, 0.5) is 13.2 Å². The number of sulfonamides is 1. The van der Waals surface area contributed by atoms with Gasteiger partial charge in [-0.2, -0.15) is 13.2 Å². The first-order chi connectivity index (χ1) is 13.5. The SMILES string of the molecule is COc1ccccc1C(C)N(C)C(=O)CNS(=O)(=O)c1cccc(C(F)(F)F)c1. The Balaban J connectivity index is 2.11. The summed E-state index contributed by atoms with van der Waals surface area (Å²) >= 11 is 0. The topological polar surface area (TPSA) is 75.7 Å². The highest BCUT2D eigenvalue weighted by Gasteiger charge is 2.32. The molecule has 0 bridgehead atoms. The number of alkyl halides is 3. The summed E-state index contributed by atoms with van der Waals surface area (Å²) < 4.78 is 70.3. The van der Waals surface area contributed by atoms with E-state index < -0.39 is 45.2 Å². The second kappa shape index (κ2) is 8.83. The molecule has 0 aliphatic carbocycles. The smallest absolute Gasteiger partial charge is 0.416 e. The lowest BCUT2D eigenvalue weighted by molar-refractivity contribution is -0.137. The van der Waals surface area contributed by atoms with Crippen LogP contribution in [0, 0.1) is 0 Å². The monoisotopic (exact) mass is 430 g/mol. The molecule has 0 radical (unpaired) electrons. The maximum atomic E-state index is 12.8. The number of hydrogen-bond acceptors (Lipinski definition) is 4. The Morgan fingerprint density at radius 2 is 1.83 bits per heavy atom. The standard InChI is InChI=1S/C19H21F3N2O4S/c1-13(16-9-4-5-10-17(16)28-3)24(2)18(25)12-23-29(26,27)15-8-6-7-14(11-15)19(20,21)22/h4-11,13,23H,12H2,1-3H3. The Morgan fingerprint density at radius 3 is 2.45 bits per heavy atom. The van der Waals surface area contributed by atoms with E-state index in [0.717, 1.165) is 23.8 Å². The Hall–Kier alpha value is -2.59. The number of rotatable bonds is 7. The first-order valence-corrected chi connectivity index (χ1v) is 10.0. The van der Waals surface area contributed by atoms with Crippen LogP contribution in [-0.2, 0) is 21.0 Å². The summed E-state index contributed by atoms with van der Waals surface area (Å²) in [4.78, 5) is 13.2. The quantitative estimate of drug-likeness (QED) is 0.732. The number of nitrogens with one attached hydrogen (secondary N) is 1. The van der Waals surface area contributed by atoms with Crippen molar-refractivity contribution in [2.24, 2.45) is 0 Å². The Bertz CT molecular complexity index is 977. The summed E-state index contributed by atoms with van der Waals surface area (Å²) in [5.41, 5.74) is -0.361. The van der Waals surface area contributed by atoms with E-state index in [-0.39, 0.29) is 0 Å². The molecule has 2 aromatic rings. The predicted octanol–water partition coefficient (Wildman–Crippen LogP) is 3.21. The lowest BCUT2D eigenvalue weighted by atomic mass is 10.1. The van der Waals surface area contributed by atoms with Gasteiger partial charge in [0.05, 0.1) is 30.2 Å². The fraction of sp³-hybridized carbons (Fsp3) is 0.316. The first kappa shape index (κ1) is 22.7. The van der Waals surface area contributed by atoms with Gasteiger partial charge >= 0.3 is 6.18 Å². The van der Waals surface area contributed by atoms with Gasteiger partial charge in [-0.05, 0) is 31.2 Å². The van der Waals surface area contributed by atoms with E-state index in [0.29, 0.717) is 11.8 Å². The number of methoxy groups -OCH3 is 1. The van der Waals surface area contributed by atoms with Crippen molar-refractivity contribution in [2.45, 2.75) is 24.0 Å². The van der Waals surface area contributed by atoms with Gasteiger partial charge in [-0.1, -0.05) is 24.3 Å². The molecule has 1 amide bonds. The fourth-order valence-corrected chi connectivity index (χ4v) is 3.66. The maximum absolute atomic E-state index is 12.8. The third kappa shape index (κ3) is 5.48. The molecular weight excluding hydrogens is 409 g/mol. The van der Waals surface area contributed by atoms with Crippen LogP contribution in [-0.4, -0.2) is 39.9 Å². The molecule has 0 aliphatic rings. The Kier molecular flexibility index (Phi) is 6.91. The van der Waals surface area contributed by atoms with Crippen LogP contribution in [0.25, 0.3) is 0 Å². The molecule has 0 fully saturated rings. The molecule has 0 saturated heterocycles. The van der Waals surface area contributed by atoms with Crippen LogP contribution in [0.1, 0.15) is 24.1 Å². The summed E-state index contributed by atoms with van der Waals surface area (Å²) in [6.45, 7) is 1.14. The van der Waals surface area contributed by atoms with Crippen molar-refractivity contribution in [2.75, 3.05) is 20.7 Å². The molecule has 10 heteroatoms. The van der Waals surface area contributed by atoms with E-state index in [9.17, 15) is 26.4 Å². The highest BCUT2D eigenvalue weighted by atomic mass is 32.2. The van der Waals surface area contributed by atoms with Gasteiger partial charge in [-0.3, -0.25) is 4.79 Å². The molecule has 6 nitrogen and oxygen atoms in total. The molecule has 158 valence electrons. The minimum Gasteiger partial charge on any atom is -0.496 e. The van der Waals surface area contributed by atoms with E-state index in [1.807, 2.05) is 0 Å². The molecular formula is C19H21F3N2O4S. The number of halogens is 3. The molecule has 1 N–H and O–H groups in total. The van der Waals surface area contributed by atoms with E-state index in [1.54, 1.807) is 31.2 Å². The van der Waals surface area contributed by atoms with Crippen LogP contribution < -0.4 is 9.46 Å². The number of likely N-dealkylation sites (N-methyl/N-ethyl adjacent to an activating group) is 1. The molecule has 0 aliphatic heterocycles. The average molecular weight is 430 g/mol. The number of nitrogens with zero attached hydrogens (tertiary/aromatic N) is 1. The van der Waals surface area contributed by atoms with Crippen LogP contribution in [0.5, 0.6) is 5.75 Å². The van der Waals surface area contributed by atoms with Gasteiger partial charge in [0.1, 0.15) is 5.75 Å². The van der Waals surface area contributed by atoms with Gasteiger partial charge < -0.3 is 9.64 Å². The molecule has 1 atom stereocenters. The lowest BCUT2D eigenvalue weighted by Gasteiger charge is -2.26. The highest BCUT2D eigenvalue weighted by Crippen LogP contribution is 2.30. The van der Waals surface area contributed by atoms with Gasteiger partial charge in [0.15, 0.2) is 0 Å². The number of benzene rings is 2. The molecule has 0 spiro atoms. The predicted molar refractivity (Wildman–Crippen MR) is 101 cm³/mol. The molecule has 2 rings (SSSR count). The number of carbonyl (C=O) groups excluding carboxylic acids is 1. The normalized spacial score (nSPS) is 13.0. The summed E-state index contributed by atoms with van der Waals surface area (Å²) in [5, 5.41) is 0. The third-order valence-corrected chi connectivity index (χ3v) is 5.85. The van der Waals surface area contributed by atoms with E-state index in [4.69, 9.17) is 4.74 Å². The molecule has 0 heterocycles. The molecule has 2 aromatic carbocycles. The number of hydrogen-bond donors (Lipinski definition) is 1. The van der Waals surface area contributed by atoms with E-state index in [1.165, 1.54) is 19.1 Å². The van der Waals surface area contributed by atoms with E-state index >= 15 is 0 Å². The fourth-order valence-electron chi connectivity index (χ4n) is 2.64.